The third kappa shape index (κ3) is 4.23. The maximum Gasteiger partial charge on any atom is 0.122 e. The number of hydrogen-bond acceptors (Lipinski definition) is 2. The van der Waals surface area contributed by atoms with E-state index in [1.807, 2.05) is 0 Å². The van der Waals surface area contributed by atoms with Gasteiger partial charge in [0.05, 0.1) is 7.11 Å². The van der Waals surface area contributed by atoms with E-state index in [2.05, 4.69) is 51.1 Å². The molecule has 0 aliphatic rings. The van der Waals surface area contributed by atoms with Gasteiger partial charge in [-0.2, -0.15) is 0 Å². The Bertz CT molecular complexity index is 629. The molecular weight excluding hydrogens is 272 g/mol. The van der Waals surface area contributed by atoms with Crippen LogP contribution in [0.3, 0.4) is 0 Å². The first kappa shape index (κ1) is 16.8. The summed E-state index contributed by atoms with van der Waals surface area (Å²) in [5.74, 6) is 0.983. The molecule has 0 amide bonds. The van der Waals surface area contributed by atoms with Crippen LogP contribution < -0.4 is 4.74 Å². The fraction of sp³-hybridized carbons (Fsp3) is 0.500. The summed E-state index contributed by atoms with van der Waals surface area (Å²) in [6.45, 7) is 6.85. The first-order chi connectivity index (χ1) is 10.4. The summed E-state index contributed by atoms with van der Waals surface area (Å²) in [7, 11) is 1.74. The average molecular weight is 300 g/mol. The number of ether oxygens (including phenoxy) is 1. The lowest BCUT2D eigenvalue weighted by atomic mass is 9.83. The van der Waals surface area contributed by atoms with Crippen molar-refractivity contribution in [3.05, 3.63) is 41.5 Å². The van der Waals surface area contributed by atoms with Crippen molar-refractivity contribution in [3.8, 4) is 5.75 Å². The summed E-state index contributed by atoms with van der Waals surface area (Å²) in [6.07, 6.45) is 4.10. The van der Waals surface area contributed by atoms with Crippen LogP contribution in [0, 0.1) is 12.3 Å². The fourth-order valence-electron chi connectivity index (χ4n) is 3.01. The van der Waals surface area contributed by atoms with Gasteiger partial charge in [-0.3, -0.25) is 0 Å². The van der Waals surface area contributed by atoms with E-state index in [0.29, 0.717) is 0 Å². The number of methoxy groups -OCH3 is 1. The number of aryl methyl sites for hydroxylation is 2. The van der Waals surface area contributed by atoms with Gasteiger partial charge in [0.15, 0.2) is 0 Å². The maximum atomic E-state index is 9.12. The molecule has 0 heterocycles. The van der Waals surface area contributed by atoms with E-state index in [0.717, 1.165) is 31.4 Å². The topological polar surface area (TPSA) is 29.5 Å². The third-order valence-electron chi connectivity index (χ3n) is 4.48. The standard InChI is InChI=1S/C20H28O2/c1-15-7-8-16-14-19(22-4)17(13-18(16)12-15)6-5-9-20(2,3)10-11-21/h7-8,12-14,21H,5-6,9-11H2,1-4H3. The number of aliphatic hydroxyl groups is 1. The van der Waals surface area contributed by atoms with Gasteiger partial charge < -0.3 is 9.84 Å². The van der Waals surface area contributed by atoms with E-state index in [4.69, 9.17) is 9.84 Å². The molecule has 0 aliphatic heterocycles. The molecule has 2 rings (SSSR count). The van der Waals surface area contributed by atoms with E-state index in [-0.39, 0.29) is 12.0 Å². The van der Waals surface area contributed by atoms with Crippen molar-refractivity contribution in [2.75, 3.05) is 13.7 Å². The summed E-state index contributed by atoms with van der Waals surface area (Å²) in [6, 6.07) is 10.9. The summed E-state index contributed by atoms with van der Waals surface area (Å²) in [5, 5.41) is 11.6. The molecular formula is C20H28O2. The Morgan fingerprint density at radius 1 is 1.05 bits per heavy atom. The number of aliphatic hydroxyl groups excluding tert-OH is 1. The number of rotatable bonds is 7. The minimum Gasteiger partial charge on any atom is -0.496 e. The zero-order valence-electron chi connectivity index (χ0n) is 14.3. The van der Waals surface area contributed by atoms with Crippen molar-refractivity contribution < 1.29 is 9.84 Å². The fourth-order valence-corrected chi connectivity index (χ4v) is 3.01. The Labute approximate surface area is 134 Å². The van der Waals surface area contributed by atoms with Crippen LogP contribution in [0.15, 0.2) is 30.3 Å². The lowest BCUT2D eigenvalue weighted by molar-refractivity contribution is 0.199. The number of fused-ring (bicyclic) bond motifs is 1. The van der Waals surface area contributed by atoms with Gasteiger partial charge >= 0.3 is 0 Å². The van der Waals surface area contributed by atoms with E-state index in [1.165, 1.54) is 21.9 Å². The molecule has 0 spiro atoms. The van der Waals surface area contributed by atoms with Gasteiger partial charge in [0.25, 0.3) is 0 Å². The van der Waals surface area contributed by atoms with E-state index in [1.54, 1.807) is 7.11 Å². The van der Waals surface area contributed by atoms with Gasteiger partial charge in [-0.25, -0.2) is 0 Å². The molecule has 120 valence electrons. The quantitative estimate of drug-likeness (QED) is 0.789. The Kier molecular flexibility index (Phi) is 5.47. The maximum absolute atomic E-state index is 9.12. The van der Waals surface area contributed by atoms with E-state index >= 15 is 0 Å². The van der Waals surface area contributed by atoms with Crippen molar-refractivity contribution in [2.45, 2.75) is 46.5 Å². The molecule has 2 heteroatoms. The van der Waals surface area contributed by atoms with Crippen molar-refractivity contribution in [1.82, 2.24) is 0 Å². The number of benzene rings is 2. The van der Waals surface area contributed by atoms with E-state index in [9.17, 15) is 0 Å². The molecule has 1 N–H and O–H groups in total. The van der Waals surface area contributed by atoms with Gasteiger partial charge in [0, 0.05) is 6.61 Å². The molecule has 22 heavy (non-hydrogen) atoms. The first-order valence-corrected chi connectivity index (χ1v) is 8.13. The minimum atomic E-state index is 0.204. The molecule has 0 unspecified atom stereocenters. The van der Waals surface area contributed by atoms with Crippen molar-refractivity contribution in [1.29, 1.82) is 0 Å². The van der Waals surface area contributed by atoms with Crippen LogP contribution >= 0.6 is 0 Å². The van der Waals surface area contributed by atoms with Gasteiger partial charge in [-0.15, -0.1) is 0 Å². The predicted octanol–water partition coefficient (Wildman–Crippen LogP) is 4.89. The van der Waals surface area contributed by atoms with Crippen molar-refractivity contribution in [2.24, 2.45) is 5.41 Å². The summed E-state index contributed by atoms with van der Waals surface area (Å²) in [5.41, 5.74) is 2.77. The van der Waals surface area contributed by atoms with Crippen LogP contribution in [-0.4, -0.2) is 18.8 Å². The molecule has 0 radical (unpaired) electrons. The lowest BCUT2D eigenvalue weighted by Gasteiger charge is -2.23. The predicted molar refractivity (Wildman–Crippen MR) is 93.7 cm³/mol. The summed E-state index contributed by atoms with van der Waals surface area (Å²) < 4.78 is 5.57. The lowest BCUT2D eigenvalue weighted by Crippen LogP contribution is -2.13. The molecule has 0 aromatic heterocycles. The SMILES string of the molecule is COc1cc2ccc(C)cc2cc1CCCC(C)(C)CCO. The van der Waals surface area contributed by atoms with Crippen molar-refractivity contribution >= 4 is 10.8 Å². The Balaban J connectivity index is 2.15. The van der Waals surface area contributed by atoms with Crippen LogP contribution in [0.5, 0.6) is 5.75 Å². The second kappa shape index (κ2) is 7.15. The van der Waals surface area contributed by atoms with Gasteiger partial charge in [0.2, 0.25) is 0 Å². The number of hydrogen-bond donors (Lipinski definition) is 1. The molecule has 0 bridgehead atoms. The Morgan fingerprint density at radius 3 is 2.50 bits per heavy atom. The molecule has 0 aliphatic carbocycles. The second-order valence-corrected chi connectivity index (χ2v) is 7.01. The van der Waals surface area contributed by atoms with Crippen LogP contribution in [0.25, 0.3) is 10.8 Å². The monoisotopic (exact) mass is 300 g/mol. The highest BCUT2D eigenvalue weighted by atomic mass is 16.5. The zero-order chi connectivity index (χ0) is 16.2. The van der Waals surface area contributed by atoms with Crippen molar-refractivity contribution in [3.63, 3.8) is 0 Å². The largest absolute Gasteiger partial charge is 0.496 e. The Morgan fingerprint density at radius 2 is 1.82 bits per heavy atom. The van der Waals surface area contributed by atoms with Crippen LogP contribution in [0.4, 0.5) is 0 Å². The van der Waals surface area contributed by atoms with Gasteiger partial charge in [-0.05, 0) is 66.5 Å². The molecule has 2 aromatic carbocycles. The highest BCUT2D eigenvalue weighted by Crippen LogP contribution is 2.31. The third-order valence-corrected chi connectivity index (χ3v) is 4.48. The second-order valence-electron chi connectivity index (χ2n) is 7.01. The van der Waals surface area contributed by atoms with Crippen LogP contribution in [-0.2, 0) is 6.42 Å². The van der Waals surface area contributed by atoms with Crippen LogP contribution in [0.2, 0.25) is 0 Å². The molecule has 0 fully saturated rings. The van der Waals surface area contributed by atoms with Gasteiger partial charge in [-0.1, -0.05) is 37.6 Å². The molecule has 2 nitrogen and oxygen atoms in total. The average Bonchev–Trinajstić information content (AvgIpc) is 2.46. The zero-order valence-corrected chi connectivity index (χ0v) is 14.3. The normalized spacial score (nSPS) is 11.9. The molecule has 0 saturated heterocycles. The first-order valence-electron chi connectivity index (χ1n) is 8.13. The smallest absolute Gasteiger partial charge is 0.122 e. The molecule has 0 saturated carbocycles. The van der Waals surface area contributed by atoms with Gasteiger partial charge in [0.1, 0.15) is 5.75 Å². The van der Waals surface area contributed by atoms with Crippen LogP contribution in [0.1, 0.15) is 44.2 Å². The summed E-state index contributed by atoms with van der Waals surface area (Å²) in [4.78, 5) is 0. The Hall–Kier alpha value is -1.54. The molecule has 0 atom stereocenters. The summed E-state index contributed by atoms with van der Waals surface area (Å²) >= 11 is 0. The van der Waals surface area contributed by atoms with E-state index < -0.39 is 0 Å². The highest BCUT2D eigenvalue weighted by molar-refractivity contribution is 5.85. The highest BCUT2D eigenvalue weighted by Gasteiger charge is 2.17. The molecule has 2 aromatic rings. The minimum absolute atomic E-state index is 0.204.